The highest BCUT2D eigenvalue weighted by Gasteiger charge is 2.09. The van der Waals surface area contributed by atoms with E-state index in [1.807, 2.05) is 38.1 Å². The van der Waals surface area contributed by atoms with E-state index in [9.17, 15) is 4.79 Å². The standard InChI is InChI=1S/C11H13IO/c1-8(2)11(13)10-5-3-9(7-12)4-6-10/h3-6,8H,7H2,1-2H3. The summed E-state index contributed by atoms with van der Waals surface area (Å²) in [7, 11) is 0. The summed E-state index contributed by atoms with van der Waals surface area (Å²) in [4.78, 5) is 11.5. The topological polar surface area (TPSA) is 17.1 Å². The van der Waals surface area contributed by atoms with Gasteiger partial charge in [-0.25, -0.2) is 0 Å². The molecule has 0 aliphatic rings. The molecular weight excluding hydrogens is 275 g/mol. The van der Waals surface area contributed by atoms with Crippen molar-refractivity contribution in [2.45, 2.75) is 18.3 Å². The van der Waals surface area contributed by atoms with Gasteiger partial charge in [0.1, 0.15) is 0 Å². The van der Waals surface area contributed by atoms with E-state index in [2.05, 4.69) is 22.6 Å². The third-order valence-corrected chi connectivity index (χ3v) is 2.80. The molecule has 1 rings (SSSR count). The van der Waals surface area contributed by atoms with Crippen molar-refractivity contribution in [1.29, 1.82) is 0 Å². The van der Waals surface area contributed by atoms with Gasteiger partial charge in [0, 0.05) is 15.9 Å². The molecule has 0 atom stereocenters. The average Bonchev–Trinajstić information content (AvgIpc) is 2.17. The first kappa shape index (κ1) is 10.7. The molecule has 1 nitrogen and oxygen atoms in total. The molecule has 2 heteroatoms. The Balaban J connectivity index is 2.86. The molecule has 0 N–H and O–H groups in total. The van der Waals surface area contributed by atoms with E-state index in [0.29, 0.717) is 0 Å². The van der Waals surface area contributed by atoms with Crippen LogP contribution in [0.15, 0.2) is 24.3 Å². The highest BCUT2D eigenvalue weighted by Crippen LogP contribution is 2.11. The fourth-order valence-electron chi connectivity index (χ4n) is 1.09. The first-order chi connectivity index (χ1) is 6.15. The highest BCUT2D eigenvalue weighted by atomic mass is 127. The Hall–Kier alpha value is -0.380. The summed E-state index contributed by atoms with van der Waals surface area (Å²) in [5.74, 6) is 0.311. The van der Waals surface area contributed by atoms with Crippen molar-refractivity contribution >= 4 is 28.4 Å². The fraction of sp³-hybridized carbons (Fsp3) is 0.364. The number of hydrogen-bond acceptors (Lipinski definition) is 1. The monoisotopic (exact) mass is 288 g/mol. The van der Waals surface area contributed by atoms with Crippen LogP contribution in [0.4, 0.5) is 0 Å². The van der Waals surface area contributed by atoms with Crippen LogP contribution in [0.2, 0.25) is 0 Å². The minimum Gasteiger partial charge on any atom is -0.294 e. The van der Waals surface area contributed by atoms with Crippen LogP contribution in [0, 0.1) is 5.92 Å². The summed E-state index contributed by atoms with van der Waals surface area (Å²) in [5.41, 5.74) is 2.09. The van der Waals surface area contributed by atoms with Crippen LogP contribution < -0.4 is 0 Å². The minimum absolute atomic E-state index is 0.0884. The van der Waals surface area contributed by atoms with E-state index in [1.165, 1.54) is 5.56 Å². The van der Waals surface area contributed by atoms with Crippen LogP contribution in [-0.2, 0) is 4.43 Å². The van der Waals surface area contributed by atoms with Crippen LogP contribution >= 0.6 is 22.6 Å². The quantitative estimate of drug-likeness (QED) is 0.473. The van der Waals surface area contributed by atoms with Crippen LogP contribution in [-0.4, -0.2) is 5.78 Å². The third-order valence-electron chi connectivity index (χ3n) is 1.92. The summed E-state index contributed by atoms with van der Waals surface area (Å²) in [5, 5.41) is 0. The van der Waals surface area contributed by atoms with Gasteiger partial charge in [-0.05, 0) is 5.56 Å². The molecule has 13 heavy (non-hydrogen) atoms. The molecule has 0 heterocycles. The number of halogens is 1. The molecule has 0 bridgehead atoms. The molecule has 70 valence electrons. The zero-order valence-corrected chi connectivity index (χ0v) is 10.0. The number of carbonyl (C=O) groups is 1. The molecule has 0 saturated carbocycles. The summed E-state index contributed by atoms with van der Waals surface area (Å²) in [6, 6.07) is 7.86. The van der Waals surface area contributed by atoms with E-state index in [0.717, 1.165) is 9.99 Å². The van der Waals surface area contributed by atoms with Gasteiger partial charge in [0.25, 0.3) is 0 Å². The van der Waals surface area contributed by atoms with Crippen molar-refractivity contribution in [1.82, 2.24) is 0 Å². The van der Waals surface area contributed by atoms with Crippen LogP contribution in [0.5, 0.6) is 0 Å². The van der Waals surface area contributed by atoms with Gasteiger partial charge in [-0.3, -0.25) is 4.79 Å². The Bertz CT molecular complexity index is 287. The van der Waals surface area contributed by atoms with E-state index >= 15 is 0 Å². The Kier molecular flexibility index (Phi) is 3.90. The summed E-state index contributed by atoms with van der Waals surface area (Å²) < 4.78 is 0.994. The molecule has 0 radical (unpaired) electrons. The third kappa shape index (κ3) is 2.79. The summed E-state index contributed by atoms with van der Waals surface area (Å²) in [6.45, 7) is 3.85. The van der Waals surface area contributed by atoms with Crippen molar-refractivity contribution in [3.8, 4) is 0 Å². The Morgan fingerprint density at radius 3 is 2.23 bits per heavy atom. The number of benzene rings is 1. The second-order valence-corrected chi connectivity index (χ2v) is 4.11. The van der Waals surface area contributed by atoms with Gasteiger partial charge >= 0.3 is 0 Å². The maximum absolute atomic E-state index is 11.5. The first-order valence-corrected chi connectivity index (χ1v) is 5.87. The SMILES string of the molecule is CC(C)C(=O)c1ccc(CI)cc1. The lowest BCUT2D eigenvalue weighted by molar-refractivity contribution is 0.0939. The maximum Gasteiger partial charge on any atom is 0.165 e. The van der Waals surface area contributed by atoms with Crippen molar-refractivity contribution < 1.29 is 4.79 Å². The lowest BCUT2D eigenvalue weighted by Gasteiger charge is -2.04. The molecule has 0 amide bonds. The maximum atomic E-state index is 11.5. The largest absolute Gasteiger partial charge is 0.294 e. The molecule has 0 fully saturated rings. The van der Waals surface area contributed by atoms with Gasteiger partial charge < -0.3 is 0 Å². The van der Waals surface area contributed by atoms with Crippen LogP contribution in [0.3, 0.4) is 0 Å². The minimum atomic E-state index is 0.0884. The summed E-state index contributed by atoms with van der Waals surface area (Å²) in [6.07, 6.45) is 0. The number of rotatable bonds is 3. The second-order valence-electron chi connectivity index (χ2n) is 3.35. The summed E-state index contributed by atoms with van der Waals surface area (Å²) >= 11 is 2.31. The molecule has 1 aromatic rings. The molecule has 0 aliphatic carbocycles. The van der Waals surface area contributed by atoms with E-state index in [-0.39, 0.29) is 11.7 Å². The molecular formula is C11H13IO. The molecule has 0 aromatic heterocycles. The Labute approximate surface area is 92.7 Å². The molecule has 0 aliphatic heterocycles. The molecule has 0 spiro atoms. The number of Topliss-reactive ketones (excluding diaryl/α,β-unsaturated/α-hetero) is 1. The lowest BCUT2D eigenvalue weighted by atomic mass is 10.0. The van der Waals surface area contributed by atoms with Crippen molar-refractivity contribution in [2.24, 2.45) is 5.92 Å². The molecule has 1 aromatic carbocycles. The highest BCUT2D eigenvalue weighted by molar-refractivity contribution is 14.1. The average molecular weight is 288 g/mol. The Morgan fingerprint density at radius 1 is 1.31 bits per heavy atom. The number of hydrogen-bond donors (Lipinski definition) is 0. The fourth-order valence-corrected chi connectivity index (χ4v) is 1.60. The van der Waals surface area contributed by atoms with Crippen molar-refractivity contribution in [3.63, 3.8) is 0 Å². The van der Waals surface area contributed by atoms with Gasteiger partial charge in [0.05, 0.1) is 0 Å². The zero-order valence-electron chi connectivity index (χ0n) is 7.88. The van der Waals surface area contributed by atoms with Crippen molar-refractivity contribution in [3.05, 3.63) is 35.4 Å². The molecule has 0 unspecified atom stereocenters. The van der Waals surface area contributed by atoms with Gasteiger partial charge in [-0.15, -0.1) is 0 Å². The number of alkyl halides is 1. The smallest absolute Gasteiger partial charge is 0.165 e. The van der Waals surface area contributed by atoms with Gasteiger partial charge in [-0.2, -0.15) is 0 Å². The predicted molar refractivity (Wildman–Crippen MR) is 63.3 cm³/mol. The normalized spacial score (nSPS) is 10.5. The number of carbonyl (C=O) groups excluding carboxylic acids is 1. The van der Waals surface area contributed by atoms with E-state index in [4.69, 9.17) is 0 Å². The van der Waals surface area contributed by atoms with Gasteiger partial charge in [0.2, 0.25) is 0 Å². The van der Waals surface area contributed by atoms with Gasteiger partial charge in [-0.1, -0.05) is 60.7 Å². The van der Waals surface area contributed by atoms with Crippen LogP contribution in [0.25, 0.3) is 0 Å². The second kappa shape index (κ2) is 4.74. The van der Waals surface area contributed by atoms with E-state index < -0.39 is 0 Å². The van der Waals surface area contributed by atoms with E-state index in [1.54, 1.807) is 0 Å². The Morgan fingerprint density at radius 2 is 1.85 bits per heavy atom. The van der Waals surface area contributed by atoms with Crippen molar-refractivity contribution in [2.75, 3.05) is 0 Å². The zero-order chi connectivity index (χ0) is 9.84. The predicted octanol–water partition coefficient (Wildman–Crippen LogP) is 3.46. The van der Waals surface area contributed by atoms with Gasteiger partial charge in [0.15, 0.2) is 5.78 Å². The number of ketones is 1. The lowest BCUT2D eigenvalue weighted by Crippen LogP contribution is -2.06. The molecule has 0 saturated heterocycles. The first-order valence-electron chi connectivity index (χ1n) is 4.34. The van der Waals surface area contributed by atoms with Crippen LogP contribution in [0.1, 0.15) is 29.8 Å².